The molecule has 2 heterocycles. The molecule has 142 valence electrons. The normalized spacial score (nSPS) is 13.5. The first kappa shape index (κ1) is 18.2. The highest BCUT2D eigenvalue weighted by Crippen LogP contribution is 2.37. The van der Waals surface area contributed by atoms with Crippen LogP contribution in [0.3, 0.4) is 0 Å². The molecule has 1 aliphatic rings. The van der Waals surface area contributed by atoms with E-state index in [2.05, 4.69) is 30.3 Å². The van der Waals surface area contributed by atoms with Crippen molar-refractivity contribution in [2.45, 2.75) is 26.2 Å². The Kier molecular flexibility index (Phi) is 4.63. The fourth-order valence-electron chi connectivity index (χ4n) is 4.11. The number of amides is 1. The van der Waals surface area contributed by atoms with E-state index in [1.165, 1.54) is 16.7 Å². The summed E-state index contributed by atoms with van der Waals surface area (Å²) in [6.07, 6.45) is 3.98. The van der Waals surface area contributed by atoms with Crippen molar-refractivity contribution in [1.82, 2.24) is 4.57 Å². The summed E-state index contributed by atoms with van der Waals surface area (Å²) >= 11 is 0. The molecule has 0 N–H and O–H groups in total. The lowest BCUT2D eigenvalue weighted by Crippen LogP contribution is -2.31. The molecule has 0 spiro atoms. The maximum absolute atomic E-state index is 12.2. The van der Waals surface area contributed by atoms with Gasteiger partial charge in [0.2, 0.25) is 5.91 Å². The van der Waals surface area contributed by atoms with Crippen LogP contribution in [-0.2, 0) is 24.7 Å². The predicted molar refractivity (Wildman–Crippen MR) is 113 cm³/mol. The molecule has 0 fully saturated rings. The molecule has 0 radical (unpaired) electrons. The van der Waals surface area contributed by atoms with Crippen molar-refractivity contribution in [3.63, 3.8) is 0 Å². The Morgan fingerprint density at radius 2 is 1.71 bits per heavy atom. The van der Waals surface area contributed by atoms with Crippen LogP contribution < -0.4 is 10.5 Å². The molecular weight excluding hydrogens is 348 g/mol. The highest BCUT2D eigenvalue weighted by molar-refractivity contribution is 5.97. The van der Waals surface area contributed by atoms with Gasteiger partial charge in [0.05, 0.1) is 0 Å². The number of fused-ring (bicyclic) bond motifs is 1. The lowest BCUT2D eigenvalue weighted by molar-refractivity contribution is -0.118. The molecule has 0 aliphatic carbocycles. The zero-order valence-corrected chi connectivity index (χ0v) is 16.5. The van der Waals surface area contributed by atoms with Gasteiger partial charge in [-0.15, -0.1) is 0 Å². The van der Waals surface area contributed by atoms with Crippen LogP contribution in [0.25, 0.3) is 11.1 Å². The van der Waals surface area contributed by atoms with Crippen LogP contribution in [0.5, 0.6) is 0 Å². The van der Waals surface area contributed by atoms with E-state index in [-0.39, 0.29) is 11.5 Å². The van der Waals surface area contributed by atoms with Crippen LogP contribution in [0.15, 0.2) is 59.5 Å². The van der Waals surface area contributed by atoms with Gasteiger partial charge < -0.3 is 9.47 Å². The smallest absolute Gasteiger partial charge is 0.253 e. The topological polar surface area (TPSA) is 42.3 Å². The molecule has 1 amide bonds. The van der Waals surface area contributed by atoms with Gasteiger partial charge in [0.1, 0.15) is 0 Å². The van der Waals surface area contributed by atoms with Crippen molar-refractivity contribution < 1.29 is 4.79 Å². The molecule has 0 saturated carbocycles. The number of benzene rings is 2. The molecular formula is C24H24N2O2. The molecule has 2 aromatic carbocycles. The van der Waals surface area contributed by atoms with Crippen molar-refractivity contribution in [3.8, 4) is 11.1 Å². The van der Waals surface area contributed by atoms with Crippen LogP contribution in [0.2, 0.25) is 0 Å². The van der Waals surface area contributed by atoms with Gasteiger partial charge in [0.15, 0.2) is 0 Å². The average Bonchev–Trinajstić information content (AvgIpc) is 2.69. The maximum Gasteiger partial charge on any atom is 0.253 e. The molecule has 4 heteroatoms. The summed E-state index contributed by atoms with van der Waals surface area (Å²) in [6.45, 7) is 1.85. The molecule has 4 rings (SSSR count). The predicted octanol–water partition coefficient (Wildman–Crippen LogP) is 3.86. The van der Waals surface area contributed by atoms with E-state index < -0.39 is 0 Å². The van der Waals surface area contributed by atoms with Gasteiger partial charge in [-0.25, -0.2) is 0 Å². The zero-order valence-electron chi connectivity index (χ0n) is 16.5. The second kappa shape index (κ2) is 7.12. The first-order valence-electron chi connectivity index (χ1n) is 9.58. The molecule has 0 bridgehead atoms. The first-order valence-corrected chi connectivity index (χ1v) is 9.58. The van der Waals surface area contributed by atoms with E-state index >= 15 is 0 Å². The molecule has 0 unspecified atom stereocenters. The van der Waals surface area contributed by atoms with E-state index in [0.717, 1.165) is 35.2 Å². The third-order valence-corrected chi connectivity index (χ3v) is 5.63. The molecule has 0 atom stereocenters. The third-order valence-electron chi connectivity index (χ3n) is 5.63. The largest absolute Gasteiger partial charge is 0.318 e. The van der Waals surface area contributed by atoms with Gasteiger partial charge in [0.25, 0.3) is 5.56 Å². The second-order valence-corrected chi connectivity index (χ2v) is 7.53. The maximum atomic E-state index is 12.2. The van der Waals surface area contributed by atoms with Gasteiger partial charge in [0, 0.05) is 38.0 Å². The number of hydrogen-bond acceptors (Lipinski definition) is 2. The fraction of sp³-hybridized carbons (Fsp3) is 0.250. The Labute approximate surface area is 165 Å². The van der Waals surface area contributed by atoms with Crippen molar-refractivity contribution in [2.75, 3.05) is 11.9 Å². The van der Waals surface area contributed by atoms with Crippen LogP contribution in [0.4, 0.5) is 5.69 Å². The van der Waals surface area contributed by atoms with Crippen LogP contribution in [-0.4, -0.2) is 17.5 Å². The van der Waals surface area contributed by atoms with Crippen LogP contribution in [0, 0.1) is 6.92 Å². The quantitative estimate of drug-likeness (QED) is 0.701. The van der Waals surface area contributed by atoms with Gasteiger partial charge >= 0.3 is 0 Å². The average molecular weight is 372 g/mol. The summed E-state index contributed by atoms with van der Waals surface area (Å²) in [6, 6.07) is 16.5. The van der Waals surface area contributed by atoms with Gasteiger partial charge in [-0.1, -0.05) is 36.4 Å². The highest BCUT2D eigenvalue weighted by atomic mass is 16.2. The summed E-state index contributed by atoms with van der Waals surface area (Å²) in [7, 11) is 3.64. The Morgan fingerprint density at radius 1 is 0.964 bits per heavy atom. The van der Waals surface area contributed by atoms with E-state index in [1.54, 1.807) is 16.5 Å². The Balaban J connectivity index is 1.94. The summed E-state index contributed by atoms with van der Waals surface area (Å²) < 4.78 is 1.64. The number of carbonyl (C=O) groups is 1. The Morgan fingerprint density at radius 3 is 2.43 bits per heavy atom. The molecule has 0 saturated heterocycles. The number of pyridine rings is 1. The van der Waals surface area contributed by atoms with E-state index in [9.17, 15) is 9.59 Å². The minimum Gasteiger partial charge on any atom is -0.318 e. The van der Waals surface area contributed by atoms with Crippen LogP contribution in [0.1, 0.15) is 28.7 Å². The monoisotopic (exact) mass is 372 g/mol. The summed E-state index contributed by atoms with van der Waals surface area (Å²) in [5.41, 5.74) is 7.62. The Bertz CT molecular complexity index is 1090. The van der Waals surface area contributed by atoms with Crippen molar-refractivity contribution in [3.05, 3.63) is 87.3 Å². The lowest BCUT2D eigenvalue weighted by atomic mass is 9.86. The fourth-order valence-corrected chi connectivity index (χ4v) is 4.11. The minimum absolute atomic E-state index is 0.0247. The van der Waals surface area contributed by atoms with E-state index in [4.69, 9.17) is 0 Å². The number of nitrogens with zero attached hydrogens (tertiary/aromatic N) is 2. The highest BCUT2D eigenvalue weighted by Gasteiger charge is 2.25. The van der Waals surface area contributed by atoms with Crippen molar-refractivity contribution in [1.29, 1.82) is 0 Å². The first-order chi connectivity index (χ1) is 13.5. The summed E-state index contributed by atoms with van der Waals surface area (Å²) in [5, 5.41) is 0. The summed E-state index contributed by atoms with van der Waals surface area (Å²) in [4.78, 5) is 26.1. The minimum atomic E-state index is 0.0247. The Hall–Kier alpha value is -3.14. The summed E-state index contributed by atoms with van der Waals surface area (Å²) in [5.74, 6) is 0.156. The van der Waals surface area contributed by atoms with Gasteiger partial charge in [-0.05, 0) is 59.7 Å². The number of hydrogen-bond donors (Lipinski definition) is 0. The SMILES string of the molecule is Cc1cc(-c2ccc3c(c2Cc2ccccc2)CCC(=O)N3C)cn(C)c1=O. The lowest BCUT2D eigenvalue weighted by Gasteiger charge is -2.29. The molecule has 1 aromatic heterocycles. The molecule has 28 heavy (non-hydrogen) atoms. The molecule has 3 aromatic rings. The number of rotatable bonds is 3. The zero-order chi connectivity index (χ0) is 19.8. The molecule has 1 aliphatic heterocycles. The number of aromatic nitrogens is 1. The number of carbonyl (C=O) groups excluding carboxylic acids is 1. The van der Waals surface area contributed by atoms with E-state index in [1.807, 2.05) is 38.4 Å². The van der Waals surface area contributed by atoms with Gasteiger partial charge in [-0.2, -0.15) is 0 Å². The molecule has 4 nitrogen and oxygen atoms in total. The standard InChI is InChI=1S/C24H24N2O2/c1-16-13-18(15-25(2)24(16)28)19-9-11-22-20(10-12-23(27)26(22)3)21(19)14-17-7-5-4-6-8-17/h4-9,11,13,15H,10,12,14H2,1-3H3. The number of anilines is 1. The van der Waals surface area contributed by atoms with E-state index in [0.29, 0.717) is 6.42 Å². The van der Waals surface area contributed by atoms with Crippen LogP contribution >= 0.6 is 0 Å². The van der Waals surface area contributed by atoms with Crippen molar-refractivity contribution >= 4 is 11.6 Å². The van der Waals surface area contributed by atoms with Crippen molar-refractivity contribution in [2.24, 2.45) is 7.05 Å². The second-order valence-electron chi connectivity index (χ2n) is 7.53. The third kappa shape index (κ3) is 3.15. The van der Waals surface area contributed by atoms with Gasteiger partial charge in [-0.3, -0.25) is 9.59 Å². The number of aryl methyl sites for hydroxylation is 2.